The molecule has 472 valence electrons. The maximum absolute atomic E-state index is 2.30. The fourth-order valence-electron chi connectivity index (χ4n) is 10.7. The van der Waals surface area contributed by atoms with Crippen molar-refractivity contribution in [2.45, 2.75) is 299 Å². The van der Waals surface area contributed by atoms with Crippen molar-refractivity contribution in [2.24, 2.45) is 0 Å². The molecule has 0 saturated heterocycles. The second-order valence-electron chi connectivity index (χ2n) is 22.1. The Balaban J connectivity index is -0.000000487. The normalized spacial score (nSPS) is 12.3. The minimum absolute atomic E-state index is 0.543. The zero-order valence-electron chi connectivity index (χ0n) is 62.4. The Morgan fingerprint density at radius 1 is 0.250 bits per heavy atom. The fraction of sp³-hybridized carbons (Fsp3) is 0.524. The maximum atomic E-state index is 2.30. The molecule has 0 radical (unpaired) electrons. The smallest absolute Gasteiger partial charge is 0.0158 e. The predicted molar refractivity (Wildman–Crippen MR) is 400 cm³/mol. The lowest BCUT2D eigenvalue weighted by atomic mass is 9.83. The van der Waals surface area contributed by atoms with Crippen LogP contribution in [-0.2, 0) is 25.7 Å². The monoisotopic (exact) mass is 1150 g/mol. The van der Waals surface area contributed by atoms with Gasteiger partial charge in [-0.05, 0) is 294 Å². The van der Waals surface area contributed by atoms with E-state index >= 15 is 0 Å². The molecule has 0 nitrogen and oxygen atoms in total. The lowest BCUT2D eigenvalue weighted by Gasteiger charge is -2.22. The van der Waals surface area contributed by atoms with Gasteiger partial charge in [-0.2, -0.15) is 0 Å². The van der Waals surface area contributed by atoms with Crippen molar-refractivity contribution in [1.82, 2.24) is 0 Å². The van der Waals surface area contributed by atoms with Crippen molar-refractivity contribution < 1.29 is 0 Å². The summed E-state index contributed by atoms with van der Waals surface area (Å²) < 4.78 is 0. The van der Waals surface area contributed by atoms with E-state index in [0.29, 0.717) is 23.7 Å². The molecule has 84 heavy (non-hydrogen) atoms. The first-order chi connectivity index (χ1) is 39.9. The number of rotatable bonds is 16. The molecule has 0 N–H and O–H groups in total. The Kier molecular flexibility index (Phi) is 47.7. The molecule has 0 saturated carbocycles. The molecule has 0 aliphatic carbocycles. The van der Waals surface area contributed by atoms with Gasteiger partial charge < -0.3 is 0 Å². The van der Waals surface area contributed by atoms with Gasteiger partial charge in [0.15, 0.2) is 0 Å². The van der Waals surface area contributed by atoms with E-state index in [2.05, 4.69) is 291 Å². The highest BCUT2D eigenvalue weighted by Gasteiger charge is 2.21. The van der Waals surface area contributed by atoms with Crippen molar-refractivity contribution in [2.75, 3.05) is 0 Å². The molecule has 4 rings (SSSR count). The van der Waals surface area contributed by atoms with Crippen molar-refractivity contribution in [3.8, 4) is 0 Å². The highest BCUT2D eigenvalue weighted by atomic mass is 14.3. The molecule has 0 amide bonds. The van der Waals surface area contributed by atoms with E-state index in [4.69, 9.17) is 0 Å². The summed E-state index contributed by atoms with van der Waals surface area (Å²) in [7, 11) is 0. The average molecular weight is 1150 g/mol. The zero-order valence-corrected chi connectivity index (χ0v) is 62.4. The summed E-state index contributed by atoms with van der Waals surface area (Å²) in [5.41, 5.74) is 34.5. The maximum Gasteiger partial charge on any atom is -0.0158 e. The quantitative estimate of drug-likeness (QED) is 0.105. The Bertz CT molecular complexity index is 2380. The van der Waals surface area contributed by atoms with Crippen LogP contribution in [0.4, 0.5) is 0 Å². The summed E-state index contributed by atoms with van der Waals surface area (Å²) in [4.78, 5) is 0. The summed E-state index contributed by atoms with van der Waals surface area (Å²) in [5.74, 6) is 2.17. The molecule has 0 spiro atoms. The Morgan fingerprint density at radius 2 is 0.381 bits per heavy atom. The molecular formula is C84H136. The van der Waals surface area contributed by atoms with E-state index in [1.54, 1.807) is 0 Å². The van der Waals surface area contributed by atoms with Gasteiger partial charge in [0, 0.05) is 0 Å². The molecule has 0 aromatic heterocycles. The first-order valence-corrected chi connectivity index (χ1v) is 33.6. The number of allylic oxidation sites excluding steroid dienone is 16. The molecule has 4 aromatic rings. The standard InChI is InChI=1S/4C19H28.4C2H6/c4*1-8-14(6)17-12-11-16(10-3)19(15(7)9-2)18(17)13(4)5;4*1-2/h4*8-9,11-13H,10H2,1-7H3;4*1-2H3. The van der Waals surface area contributed by atoms with Crippen LogP contribution in [0.15, 0.2) is 97.1 Å². The molecule has 4 aromatic carbocycles. The molecule has 0 aliphatic rings. The van der Waals surface area contributed by atoms with Gasteiger partial charge in [-0.25, -0.2) is 0 Å². The second kappa shape index (κ2) is 47.0. The van der Waals surface area contributed by atoms with E-state index in [-0.39, 0.29) is 0 Å². The van der Waals surface area contributed by atoms with Crippen LogP contribution in [0.3, 0.4) is 0 Å². The third-order valence-corrected chi connectivity index (χ3v) is 15.9. The number of hydrogen-bond donors (Lipinski definition) is 0. The van der Waals surface area contributed by atoms with Gasteiger partial charge in [-0.1, -0.05) is 236 Å². The van der Waals surface area contributed by atoms with E-state index in [1.165, 1.54) is 134 Å². The van der Waals surface area contributed by atoms with E-state index in [0.717, 1.165) is 25.7 Å². The molecule has 0 unspecified atom stereocenters. The molecule has 0 bridgehead atoms. The molecule has 0 heteroatoms. The summed E-state index contributed by atoms with van der Waals surface area (Å²) >= 11 is 0. The number of benzene rings is 4. The van der Waals surface area contributed by atoms with Crippen molar-refractivity contribution in [3.63, 3.8) is 0 Å². The number of aryl methyl sites for hydroxylation is 4. The van der Waals surface area contributed by atoms with Gasteiger partial charge in [-0.3, -0.25) is 0 Å². The van der Waals surface area contributed by atoms with Crippen molar-refractivity contribution in [1.29, 1.82) is 0 Å². The average Bonchev–Trinajstić information content (AvgIpc) is 3.73. The SMILES string of the molecule is CC.CC.CC.CC.CC=C(C)c1ccc(CC)c(C(C)=CC)c1C(C)C.CC=C(C)c1ccc(CC)c(C(C)=CC)c1C(C)C.CC=C(C)c1ccc(CC)c(C(C)=CC)c1C(C)C.CC=C(C)c1ccc(CC)c(C(C)=CC)c1C(C)C. The lowest BCUT2D eigenvalue weighted by molar-refractivity contribution is 0.852. The lowest BCUT2D eigenvalue weighted by Crippen LogP contribution is -2.04. The molecule has 0 atom stereocenters. The van der Waals surface area contributed by atoms with Gasteiger partial charge in [-0.15, -0.1) is 0 Å². The van der Waals surface area contributed by atoms with E-state index in [9.17, 15) is 0 Å². The minimum atomic E-state index is 0.543. The van der Waals surface area contributed by atoms with Crippen LogP contribution in [0.25, 0.3) is 44.6 Å². The van der Waals surface area contributed by atoms with Crippen LogP contribution < -0.4 is 0 Å². The summed E-state index contributed by atoms with van der Waals surface area (Å²) in [6.07, 6.45) is 22.1. The topological polar surface area (TPSA) is 0 Å². The van der Waals surface area contributed by atoms with Crippen LogP contribution in [0.5, 0.6) is 0 Å². The van der Waals surface area contributed by atoms with Gasteiger partial charge in [0.2, 0.25) is 0 Å². The van der Waals surface area contributed by atoms with Gasteiger partial charge in [0.05, 0.1) is 0 Å². The highest BCUT2D eigenvalue weighted by molar-refractivity contribution is 5.81. The summed E-state index contributed by atoms with van der Waals surface area (Å²) in [6, 6.07) is 18.4. The van der Waals surface area contributed by atoms with Gasteiger partial charge in [0.1, 0.15) is 0 Å². The van der Waals surface area contributed by atoms with Gasteiger partial charge in [0.25, 0.3) is 0 Å². The first-order valence-electron chi connectivity index (χ1n) is 33.6. The third-order valence-electron chi connectivity index (χ3n) is 15.9. The largest absolute Gasteiger partial charge is 0.0841 e. The van der Waals surface area contributed by atoms with Crippen LogP contribution in [0.1, 0.15) is 362 Å². The predicted octanol–water partition coefficient (Wildman–Crippen LogP) is 29.0. The van der Waals surface area contributed by atoms with E-state index < -0.39 is 0 Å². The highest BCUT2D eigenvalue weighted by Crippen LogP contribution is 2.39. The van der Waals surface area contributed by atoms with Crippen LogP contribution in [-0.4, -0.2) is 0 Å². The fourth-order valence-corrected chi connectivity index (χ4v) is 10.7. The molecule has 0 fully saturated rings. The van der Waals surface area contributed by atoms with Crippen molar-refractivity contribution >= 4 is 44.6 Å². The molecule has 0 aliphatic heterocycles. The first kappa shape index (κ1) is 85.2. The molecular weight excluding hydrogens is 1010 g/mol. The van der Waals surface area contributed by atoms with Crippen LogP contribution in [0.2, 0.25) is 0 Å². The second-order valence-corrected chi connectivity index (χ2v) is 22.1. The van der Waals surface area contributed by atoms with Crippen LogP contribution >= 0.6 is 0 Å². The Hall–Kier alpha value is -5.20. The van der Waals surface area contributed by atoms with Gasteiger partial charge >= 0.3 is 0 Å². The Labute approximate surface area is 526 Å². The van der Waals surface area contributed by atoms with Crippen LogP contribution in [0, 0.1) is 0 Å². The third kappa shape index (κ3) is 24.3. The summed E-state index contributed by atoms with van der Waals surface area (Å²) in [5, 5.41) is 0. The van der Waals surface area contributed by atoms with Crippen molar-refractivity contribution in [3.05, 3.63) is 186 Å². The number of hydrogen-bond acceptors (Lipinski definition) is 0. The Morgan fingerprint density at radius 3 is 0.476 bits per heavy atom. The minimum Gasteiger partial charge on any atom is -0.0841 e. The summed E-state index contributed by atoms with van der Waals surface area (Å²) in [6.45, 7) is 78.1. The zero-order chi connectivity index (χ0) is 66.3. The van der Waals surface area contributed by atoms with E-state index in [1.807, 2.05) is 55.4 Å². The molecule has 0 heterocycles.